The highest BCUT2D eigenvalue weighted by Crippen LogP contribution is 2.26. The molecule has 0 saturated carbocycles. The monoisotopic (exact) mass is 595 g/mol. The topological polar surface area (TPSA) is 110 Å². The maximum Gasteiger partial charge on any atom is 0.491 e. The molecule has 222 valence electrons. The maximum atomic E-state index is 13.6. The largest absolute Gasteiger partial charge is 0.492 e. The van der Waals surface area contributed by atoms with Gasteiger partial charge in [-0.15, -0.1) is 0 Å². The summed E-state index contributed by atoms with van der Waals surface area (Å²) in [5.74, 6) is -4.79. The number of hydrogen-bond acceptors (Lipinski definition) is 6. The number of rotatable bonds is 10. The van der Waals surface area contributed by atoms with Gasteiger partial charge in [0, 0.05) is 11.8 Å². The number of esters is 2. The van der Waals surface area contributed by atoms with Crippen molar-refractivity contribution in [2.75, 3.05) is 6.61 Å². The summed E-state index contributed by atoms with van der Waals surface area (Å²) in [5, 5.41) is 10.5. The summed E-state index contributed by atoms with van der Waals surface area (Å²) in [6.45, 7) is 0.688. The van der Waals surface area contributed by atoms with Crippen molar-refractivity contribution in [3.8, 4) is 16.9 Å². The highest BCUT2D eigenvalue weighted by molar-refractivity contribution is 5.95. The lowest BCUT2D eigenvalue weighted by Crippen LogP contribution is -2.33. The Morgan fingerprint density at radius 3 is 2.26 bits per heavy atom. The van der Waals surface area contributed by atoms with Crippen molar-refractivity contribution >= 4 is 17.8 Å². The minimum Gasteiger partial charge on any atom is -0.492 e. The molecule has 0 fully saturated rings. The van der Waals surface area contributed by atoms with Crippen molar-refractivity contribution in [3.63, 3.8) is 0 Å². The number of halogens is 4. The molecule has 4 rings (SSSR count). The standard InChI is InChI=1S/C31H25F4N3O5/c32-24-5-3-4-23(18-24)20-7-9-21(10-8-20)26(19-28(39)43-30(41)31(33,34)35)37-29(40)22-11-13-25(14-12-22)42-17-16-38-15-2-1-6-27(38)36/h1-15,18,26,36H,16-17,19H2,(H,37,40). The summed E-state index contributed by atoms with van der Waals surface area (Å²) in [6, 6.07) is 22.1. The molecule has 1 unspecified atom stereocenters. The van der Waals surface area contributed by atoms with Gasteiger partial charge in [-0.25, -0.2) is 9.18 Å². The van der Waals surface area contributed by atoms with Gasteiger partial charge in [-0.3, -0.25) is 15.0 Å². The maximum absolute atomic E-state index is 13.6. The van der Waals surface area contributed by atoms with Crippen LogP contribution in [0, 0.1) is 11.2 Å². The molecule has 0 aliphatic heterocycles. The third-order valence-corrected chi connectivity index (χ3v) is 6.24. The van der Waals surface area contributed by atoms with E-state index < -0.39 is 42.3 Å². The van der Waals surface area contributed by atoms with E-state index in [2.05, 4.69) is 10.1 Å². The zero-order valence-electron chi connectivity index (χ0n) is 22.4. The third-order valence-electron chi connectivity index (χ3n) is 6.24. The molecule has 0 aliphatic carbocycles. The number of nitrogens with zero attached hydrogens (tertiary/aromatic N) is 1. The van der Waals surface area contributed by atoms with Gasteiger partial charge in [0.25, 0.3) is 5.91 Å². The van der Waals surface area contributed by atoms with E-state index in [9.17, 15) is 31.9 Å². The summed E-state index contributed by atoms with van der Waals surface area (Å²) in [6.07, 6.45) is -4.39. The van der Waals surface area contributed by atoms with E-state index in [1.807, 2.05) is 0 Å². The highest BCUT2D eigenvalue weighted by atomic mass is 19.4. The minimum atomic E-state index is -5.37. The Morgan fingerprint density at radius 2 is 1.60 bits per heavy atom. The van der Waals surface area contributed by atoms with Gasteiger partial charge in [0.15, 0.2) is 0 Å². The second-order valence-electron chi connectivity index (χ2n) is 9.27. The number of alkyl halides is 3. The lowest BCUT2D eigenvalue weighted by molar-refractivity contribution is -0.202. The first-order valence-corrected chi connectivity index (χ1v) is 12.9. The lowest BCUT2D eigenvalue weighted by Gasteiger charge is -2.19. The first-order chi connectivity index (χ1) is 20.5. The first-order valence-electron chi connectivity index (χ1n) is 12.9. The predicted molar refractivity (Wildman–Crippen MR) is 146 cm³/mol. The summed E-state index contributed by atoms with van der Waals surface area (Å²) in [4.78, 5) is 36.4. The molecule has 43 heavy (non-hydrogen) atoms. The number of pyridine rings is 1. The van der Waals surface area contributed by atoms with Crippen LogP contribution in [-0.4, -0.2) is 35.2 Å². The molecule has 1 heterocycles. The number of nitrogens with one attached hydrogen (secondary N) is 2. The van der Waals surface area contributed by atoms with Gasteiger partial charge in [-0.05, 0) is 65.2 Å². The lowest BCUT2D eigenvalue weighted by atomic mass is 9.98. The fourth-order valence-electron chi connectivity index (χ4n) is 4.07. The van der Waals surface area contributed by atoms with Crippen LogP contribution in [0.5, 0.6) is 5.75 Å². The van der Waals surface area contributed by atoms with Gasteiger partial charge >= 0.3 is 18.1 Å². The third kappa shape index (κ3) is 8.62. The fourth-order valence-corrected chi connectivity index (χ4v) is 4.07. The van der Waals surface area contributed by atoms with Crippen LogP contribution in [0.3, 0.4) is 0 Å². The SMILES string of the molecule is N=c1ccccn1CCOc1ccc(C(=O)NC(CC(=O)OC(=O)C(F)(F)F)c2ccc(-c3cccc(F)c3)cc2)cc1. The molecule has 3 aromatic carbocycles. The quantitative estimate of drug-likeness (QED) is 0.146. The number of carbonyl (C=O) groups excluding carboxylic acids is 3. The fraction of sp³-hybridized carbons (Fsp3) is 0.161. The molecule has 0 radical (unpaired) electrons. The van der Waals surface area contributed by atoms with Crippen molar-refractivity contribution in [3.05, 3.63) is 120 Å². The zero-order chi connectivity index (χ0) is 31.0. The van der Waals surface area contributed by atoms with Crippen LogP contribution in [-0.2, 0) is 20.9 Å². The molecule has 0 saturated heterocycles. The molecule has 0 spiro atoms. The molecule has 1 atom stereocenters. The first kappa shape index (κ1) is 30.7. The van der Waals surface area contributed by atoms with Gasteiger partial charge in [-0.2, -0.15) is 13.2 Å². The van der Waals surface area contributed by atoms with Crippen molar-refractivity contribution in [2.45, 2.75) is 25.2 Å². The van der Waals surface area contributed by atoms with Gasteiger partial charge in [0.05, 0.1) is 19.0 Å². The molecule has 1 aromatic heterocycles. The number of ether oxygens (including phenoxy) is 2. The summed E-state index contributed by atoms with van der Waals surface area (Å²) in [5.41, 5.74) is 2.00. The number of aromatic nitrogens is 1. The van der Waals surface area contributed by atoms with E-state index in [1.165, 1.54) is 42.5 Å². The second kappa shape index (κ2) is 13.6. The van der Waals surface area contributed by atoms with E-state index in [-0.39, 0.29) is 12.2 Å². The molecular weight excluding hydrogens is 570 g/mol. The van der Waals surface area contributed by atoms with Crippen molar-refractivity contribution < 1.29 is 41.4 Å². The highest BCUT2D eigenvalue weighted by Gasteiger charge is 2.42. The van der Waals surface area contributed by atoms with Crippen LogP contribution in [0.15, 0.2) is 97.2 Å². The van der Waals surface area contributed by atoms with E-state index >= 15 is 0 Å². The Labute approximate surface area is 243 Å². The number of hydrogen-bond donors (Lipinski definition) is 2. The van der Waals surface area contributed by atoms with Crippen LogP contribution in [0.2, 0.25) is 0 Å². The van der Waals surface area contributed by atoms with Crippen LogP contribution in [0.4, 0.5) is 17.6 Å². The average molecular weight is 596 g/mol. The number of benzene rings is 3. The summed E-state index contributed by atoms with van der Waals surface area (Å²) < 4.78 is 62.8. The second-order valence-corrected chi connectivity index (χ2v) is 9.27. The van der Waals surface area contributed by atoms with Crippen molar-refractivity contribution in [2.24, 2.45) is 0 Å². The molecule has 0 aliphatic rings. The molecule has 1 amide bonds. The van der Waals surface area contributed by atoms with Crippen LogP contribution >= 0.6 is 0 Å². The number of carbonyl (C=O) groups is 3. The molecule has 4 aromatic rings. The molecule has 0 bridgehead atoms. The Morgan fingerprint density at radius 1 is 0.884 bits per heavy atom. The molecule has 8 nitrogen and oxygen atoms in total. The molecular formula is C31H25F4N3O5. The molecule has 2 N–H and O–H groups in total. The number of amides is 1. The molecule has 12 heteroatoms. The average Bonchev–Trinajstić information content (AvgIpc) is 2.97. The van der Waals surface area contributed by atoms with E-state index in [0.717, 1.165) is 0 Å². The van der Waals surface area contributed by atoms with E-state index in [4.69, 9.17) is 10.1 Å². The van der Waals surface area contributed by atoms with Crippen LogP contribution in [0.1, 0.15) is 28.4 Å². The van der Waals surface area contributed by atoms with E-state index in [0.29, 0.717) is 34.5 Å². The Bertz CT molecular complexity index is 1650. The summed E-state index contributed by atoms with van der Waals surface area (Å²) >= 11 is 0. The summed E-state index contributed by atoms with van der Waals surface area (Å²) in [7, 11) is 0. The van der Waals surface area contributed by atoms with Crippen molar-refractivity contribution in [1.29, 1.82) is 5.41 Å². The zero-order valence-corrected chi connectivity index (χ0v) is 22.4. The van der Waals surface area contributed by atoms with Gasteiger partial charge in [0.1, 0.15) is 23.7 Å². The predicted octanol–water partition coefficient (Wildman–Crippen LogP) is 5.35. The van der Waals surface area contributed by atoms with Crippen LogP contribution < -0.4 is 15.5 Å². The Kier molecular flexibility index (Phi) is 9.71. The Balaban J connectivity index is 1.46. The normalized spacial score (nSPS) is 11.8. The van der Waals surface area contributed by atoms with Crippen molar-refractivity contribution in [1.82, 2.24) is 9.88 Å². The minimum absolute atomic E-state index is 0.166. The van der Waals surface area contributed by atoms with Gasteiger partial charge in [0.2, 0.25) is 0 Å². The van der Waals surface area contributed by atoms with E-state index in [1.54, 1.807) is 59.3 Å². The van der Waals surface area contributed by atoms with Crippen LogP contribution in [0.25, 0.3) is 11.1 Å². The van der Waals surface area contributed by atoms with Gasteiger partial charge in [-0.1, -0.05) is 42.5 Å². The smallest absolute Gasteiger partial charge is 0.491 e. The van der Waals surface area contributed by atoms with Gasteiger partial charge < -0.3 is 19.4 Å². The Hall–Kier alpha value is -5.26.